The summed E-state index contributed by atoms with van der Waals surface area (Å²) in [5.41, 5.74) is 8.56. The fourth-order valence-electron chi connectivity index (χ4n) is 1.66. The van der Waals surface area contributed by atoms with Gasteiger partial charge in [-0.3, -0.25) is 4.79 Å². The molecule has 0 saturated carbocycles. The predicted molar refractivity (Wildman–Crippen MR) is 63.1 cm³/mol. The first-order chi connectivity index (χ1) is 7.07. The van der Waals surface area contributed by atoms with Crippen molar-refractivity contribution in [3.63, 3.8) is 0 Å². The normalized spacial score (nSPS) is 12.5. The van der Waals surface area contributed by atoms with Crippen LogP contribution in [-0.2, 0) is 0 Å². The van der Waals surface area contributed by atoms with E-state index in [0.29, 0.717) is 6.54 Å². The average molecular weight is 205 g/mol. The van der Waals surface area contributed by atoms with Crippen LogP contribution in [-0.4, -0.2) is 12.3 Å². The summed E-state index contributed by atoms with van der Waals surface area (Å²) in [6.07, 6.45) is 0.756. The molecule has 0 spiro atoms. The Balaban J connectivity index is 2.96. The Bertz CT molecular complexity index is 358. The molecule has 0 heterocycles. The van der Waals surface area contributed by atoms with Gasteiger partial charge in [0.25, 0.3) is 0 Å². The van der Waals surface area contributed by atoms with E-state index in [0.717, 1.165) is 17.5 Å². The summed E-state index contributed by atoms with van der Waals surface area (Å²) in [4.78, 5) is 12.1. The maximum Gasteiger partial charge on any atom is 0.165 e. The largest absolute Gasteiger partial charge is 0.330 e. The van der Waals surface area contributed by atoms with Crippen molar-refractivity contribution in [3.05, 3.63) is 34.9 Å². The molecule has 0 aliphatic heterocycles. The van der Waals surface area contributed by atoms with Crippen molar-refractivity contribution in [3.8, 4) is 0 Å². The molecule has 82 valence electrons. The smallest absolute Gasteiger partial charge is 0.165 e. The van der Waals surface area contributed by atoms with Gasteiger partial charge >= 0.3 is 0 Å². The minimum absolute atomic E-state index is 0.0236. The Morgan fingerprint density at radius 3 is 2.67 bits per heavy atom. The van der Waals surface area contributed by atoms with Crippen molar-refractivity contribution in [2.45, 2.75) is 27.2 Å². The number of hydrogen-bond acceptors (Lipinski definition) is 2. The topological polar surface area (TPSA) is 43.1 Å². The second-order valence-electron chi connectivity index (χ2n) is 4.09. The molecule has 0 aliphatic rings. The molecule has 0 radical (unpaired) electrons. The second-order valence-corrected chi connectivity index (χ2v) is 4.09. The minimum Gasteiger partial charge on any atom is -0.330 e. The Kier molecular flexibility index (Phi) is 4.04. The third kappa shape index (κ3) is 2.66. The van der Waals surface area contributed by atoms with Crippen LogP contribution in [0.1, 0.15) is 34.8 Å². The lowest BCUT2D eigenvalue weighted by Crippen LogP contribution is -2.16. The van der Waals surface area contributed by atoms with Crippen LogP contribution in [0.3, 0.4) is 0 Å². The van der Waals surface area contributed by atoms with Gasteiger partial charge in [0.15, 0.2) is 5.78 Å². The van der Waals surface area contributed by atoms with E-state index in [2.05, 4.69) is 0 Å². The molecule has 0 saturated heterocycles. The zero-order chi connectivity index (χ0) is 11.4. The summed E-state index contributed by atoms with van der Waals surface area (Å²) in [6, 6.07) is 5.86. The lowest BCUT2D eigenvalue weighted by molar-refractivity contribution is 0.0925. The fraction of sp³-hybridized carbons (Fsp3) is 0.462. The molecule has 0 aliphatic carbocycles. The number of ketones is 1. The number of hydrogen-bond donors (Lipinski definition) is 1. The van der Waals surface area contributed by atoms with E-state index in [1.165, 1.54) is 5.56 Å². The van der Waals surface area contributed by atoms with Gasteiger partial charge in [-0.05, 0) is 37.9 Å². The van der Waals surface area contributed by atoms with Gasteiger partial charge in [-0.25, -0.2) is 0 Å². The van der Waals surface area contributed by atoms with E-state index >= 15 is 0 Å². The quantitative estimate of drug-likeness (QED) is 0.767. The minimum atomic E-state index is 0.0236. The lowest BCUT2D eigenvalue weighted by Gasteiger charge is -2.12. The highest BCUT2D eigenvalue weighted by Gasteiger charge is 2.16. The Morgan fingerprint density at radius 2 is 2.07 bits per heavy atom. The van der Waals surface area contributed by atoms with Crippen LogP contribution in [0.2, 0.25) is 0 Å². The molecule has 2 N–H and O–H groups in total. The molecule has 1 aromatic rings. The van der Waals surface area contributed by atoms with Crippen LogP contribution in [0, 0.1) is 19.8 Å². The first kappa shape index (κ1) is 11.9. The molecule has 0 amide bonds. The van der Waals surface area contributed by atoms with Gasteiger partial charge in [0, 0.05) is 11.5 Å². The van der Waals surface area contributed by atoms with Gasteiger partial charge in [0.2, 0.25) is 0 Å². The molecule has 1 atom stereocenters. The third-order valence-corrected chi connectivity index (χ3v) is 2.92. The monoisotopic (exact) mass is 205 g/mol. The Morgan fingerprint density at radius 1 is 1.40 bits per heavy atom. The van der Waals surface area contributed by atoms with Gasteiger partial charge in [0.1, 0.15) is 0 Å². The summed E-state index contributed by atoms with van der Waals surface area (Å²) in [6.45, 7) is 6.53. The van der Waals surface area contributed by atoms with Crippen LogP contribution in [0.5, 0.6) is 0 Å². The predicted octanol–water partition coefficient (Wildman–Crippen LogP) is 2.47. The summed E-state index contributed by atoms with van der Waals surface area (Å²) >= 11 is 0. The molecule has 1 rings (SSSR count). The number of aryl methyl sites for hydroxylation is 1. The lowest BCUT2D eigenvalue weighted by atomic mass is 9.92. The molecule has 2 heteroatoms. The Hall–Kier alpha value is -1.15. The standard InChI is InChI=1S/C13H19NO/c1-9-5-4-6-12(11(9)3)13(15)10(2)7-8-14/h4-6,10H,7-8,14H2,1-3H3. The highest BCUT2D eigenvalue weighted by Crippen LogP contribution is 2.18. The zero-order valence-electron chi connectivity index (χ0n) is 9.71. The van der Waals surface area contributed by atoms with Crippen molar-refractivity contribution in [1.29, 1.82) is 0 Å². The average Bonchev–Trinajstić information content (AvgIpc) is 2.21. The number of carbonyl (C=O) groups is 1. The van der Waals surface area contributed by atoms with E-state index in [4.69, 9.17) is 5.73 Å². The van der Waals surface area contributed by atoms with Gasteiger partial charge in [-0.2, -0.15) is 0 Å². The molecular formula is C13H19NO. The van der Waals surface area contributed by atoms with Gasteiger partial charge < -0.3 is 5.73 Å². The summed E-state index contributed by atoms with van der Waals surface area (Å²) in [5, 5.41) is 0. The molecule has 2 nitrogen and oxygen atoms in total. The van der Waals surface area contributed by atoms with Crippen LogP contribution >= 0.6 is 0 Å². The van der Waals surface area contributed by atoms with Crippen molar-refractivity contribution >= 4 is 5.78 Å². The molecule has 15 heavy (non-hydrogen) atoms. The maximum atomic E-state index is 12.1. The van der Waals surface area contributed by atoms with Gasteiger partial charge in [-0.1, -0.05) is 25.1 Å². The Labute approximate surface area is 91.5 Å². The number of nitrogens with two attached hydrogens (primary N) is 1. The van der Waals surface area contributed by atoms with Crippen LogP contribution in [0.25, 0.3) is 0 Å². The first-order valence-electron chi connectivity index (χ1n) is 5.38. The van der Waals surface area contributed by atoms with Crippen molar-refractivity contribution in [1.82, 2.24) is 0 Å². The van der Waals surface area contributed by atoms with Crippen LogP contribution < -0.4 is 5.73 Å². The van der Waals surface area contributed by atoms with Crippen LogP contribution in [0.4, 0.5) is 0 Å². The number of carbonyl (C=O) groups excluding carboxylic acids is 1. The van der Waals surface area contributed by atoms with Crippen molar-refractivity contribution in [2.24, 2.45) is 11.7 Å². The molecule has 1 unspecified atom stereocenters. The zero-order valence-corrected chi connectivity index (χ0v) is 9.71. The number of Topliss-reactive ketones (excluding diaryl/α,β-unsaturated/α-hetero) is 1. The van der Waals surface area contributed by atoms with Gasteiger partial charge in [0.05, 0.1) is 0 Å². The van der Waals surface area contributed by atoms with E-state index < -0.39 is 0 Å². The first-order valence-corrected chi connectivity index (χ1v) is 5.38. The van der Waals surface area contributed by atoms with Crippen LogP contribution in [0.15, 0.2) is 18.2 Å². The second kappa shape index (κ2) is 5.08. The van der Waals surface area contributed by atoms with E-state index in [1.807, 2.05) is 39.0 Å². The van der Waals surface area contributed by atoms with Crippen molar-refractivity contribution in [2.75, 3.05) is 6.54 Å². The highest BCUT2D eigenvalue weighted by molar-refractivity contribution is 5.99. The van der Waals surface area contributed by atoms with E-state index in [9.17, 15) is 4.79 Å². The highest BCUT2D eigenvalue weighted by atomic mass is 16.1. The van der Waals surface area contributed by atoms with Crippen molar-refractivity contribution < 1.29 is 4.79 Å². The number of rotatable bonds is 4. The molecule has 0 bridgehead atoms. The molecule has 0 fully saturated rings. The molecular weight excluding hydrogens is 186 g/mol. The van der Waals surface area contributed by atoms with E-state index in [-0.39, 0.29) is 11.7 Å². The molecule has 0 aromatic heterocycles. The van der Waals surface area contributed by atoms with E-state index in [1.54, 1.807) is 0 Å². The molecule has 1 aromatic carbocycles. The summed E-state index contributed by atoms with van der Waals surface area (Å²) in [7, 11) is 0. The fourth-order valence-corrected chi connectivity index (χ4v) is 1.66. The summed E-state index contributed by atoms with van der Waals surface area (Å²) < 4.78 is 0. The summed E-state index contributed by atoms with van der Waals surface area (Å²) in [5.74, 6) is 0.233. The van der Waals surface area contributed by atoms with Gasteiger partial charge in [-0.15, -0.1) is 0 Å². The SMILES string of the molecule is Cc1cccc(C(=O)C(C)CCN)c1C. The number of benzene rings is 1. The maximum absolute atomic E-state index is 12.1. The third-order valence-electron chi connectivity index (χ3n) is 2.92.